The molecule has 0 fully saturated rings. The average Bonchev–Trinajstić information content (AvgIpc) is 3.05. The Kier molecular flexibility index (Phi) is 6.17. The van der Waals surface area contributed by atoms with Gasteiger partial charge in [-0.05, 0) is 25.1 Å². The maximum atomic E-state index is 12.2. The van der Waals surface area contributed by atoms with Crippen LogP contribution in [0.5, 0.6) is 5.75 Å². The second kappa shape index (κ2) is 8.63. The highest BCUT2D eigenvalue weighted by molar-refractivity contribution is 7.89. The van der Waals surface area contributed by atoms with E-state index in [1.165, 1.54) is 24.4 Å². The second-order valence-corrected chi connectivity index (χ2v) is 8.23. The van der Waals surface area contributed by atoms with E-state index in [0.29, 0.717) is 17.3 Å². The molecule has 0 unspecified atom stereocenters. The summed E-state index contributed by atoms with van der Waals surface area (Å²) in [5.41, 5.74) is 0.598. The molecule has 30 heavy (non-hydrogen) atoms. The van der Waals surface area contributed by atoms with E-state index >= 15 is 0 Å². The van der Waals surface area contributed by atoms with Crippen LogP contribution in [0.25, 0.3) is 0 Å². The Hall–Kier alpha value is -3.25. The number of benzene rings is 1. The number of fused-ring (bicyclic) bond motifs is 1. The fourth-order valence-electron chi connectivity index (χ4n) is 2.58. The number of anilines is 1. The highest BCUT2D eigenvalue weighted by atomic mass is 32.2. The second-order valence-electron chi connectivity index (χ2n) is 6.52. The zero-order valence-corrected chi connectivity index (χ0v) is 17.1. The number of nitrogens with zero attached hydrogens (tertiary/aromatic N) is 2. The number of aryl methyl sites for hydroxylation is 2. The Labute approximate surface area is 172 Å². The van der Waals surface area contributed by atoms with Crippen molar-refractivity contribution in [1.29, 1.82) is 0 Å². The van der Waals surface area contributed by atoms with Gasteiger partial charge in [0.15, 0.2) is 24.0 Å². The molecule has 0 radical (unpaired) electrons. The molecule has 1 amide bonds. The van der Waals surface area contributed by atoms with E-state index in [0.717, 1.165) is 0 Å². The fraction of sp³-hybridized carbons (Fsp3) is 0.333. The maximum Gasteiger partial charge on any atom is 0.307 e. The van der Waals surface area contributed by atoms with E-state index in [4.69, 9.17) is 9.47 Å². The number of amides is 1. The first-order valence-corrected chi connectivity index (χ1v) is 10.4. The van der Waals surface area contributed by atoms with Crippen LogP contribution in [-0.4, -0.2) is 55.4 Å². The minimum Gasteiger partial charge on any atom is -0.482 e. The molecule has 0 bridgehead atoms. The van der Waals surface area contributed by atoms with Gasteiger partial charge in [-0.25, -0.2) is 18.1 Å². The maximum absolute atomic E-state index is 12.2. The number of carbonyl (C=O) groups excluding carboxylic acids is 3. The molecule has 0 atom stereocenters. The van der Waals surface area contributed by atoms with Gasteiger partial charge in [-0.3, -0.25) is 14.4 Å². The van der Waals surface area contributed by atoms with Gasteiger partial charge >= 0.3 is 5.97 Å². The SMILES string of the molecule is Cc1nc(S(=O)(=O)NCCC(=O)OCC(=O)c2ccc3c(c2)NC(=O)CO3)cn1C. The van der Waals surface area contributed by atoms with Crippen LogP contribution in [0.1, 0.15) is 22.6 Å². The van der Waals surface area contributed by atoms with Crippen LogP contribution in [0.4, 0.5) is 5.69 Å². The average molecular weight is 436 g/mol. The van der Waals surface area contributed by atoms with Crippen LogP contribution in [0.2, 0.25) is 0 Å². The molecule has 1 aromatic carbocycles. The van der Waals surface area contributed by atoms with Gasteiger partial charge in [0.2, 0.25) is 0 Å². The Morgan fingerprint density at radius 1 is 1.37 bits per heavy atom. The van der Waals surface area contributed by atoms with E-state index in [9.17, 15) is 22.8 Å². The largest absolute Gasteiger partial charge is 0.482 e. The number of hydrogen-bond donors (Lipinski definition) is 2. The Balaban J connectivity index is 1.47. The summed E-state index contributed by atoms with van der Waals surface area (Å²) >= 11 is 0. The number of nitrogens with one attached hydrogen (secondary N) is 2. The smallest absolute Gasteiger partial charge is 0.307 e. The number of sulfonamides is 1. The number of ether oxygens (including phenoxy) is 2. The molecule has 0 spiro atoms. The molecular weight excluding hydrogens is 416 g/mol. The monoisotopic (exact) mass is 436 g/mol. The summed E-state index contributed by atoms with van der Waals surface area (Å²) in [5.74, 6) is -0.574. The van der Waals surface area contributed by atoms with Crippen molar-refractivity contribution in [2.24, 2.45) is 7.05 Å². The van der Waals surface area contributed by atoms with Crippen molar-refractivity contribution < 1.29 is 32.3 Å². The summed E-state index contributed by atoms with van der Waals surface area (Å²) in [6.45, 7) is 0.851. The molecule has 0 saturated carbocycles. The van der Waals surface area contributed by atoms with E-state index < -0.39 is 28.4 Å². The van der Waals surface area contributed by atoms with Crippen LogP contribution >= 0.6 is 0 Å². The first-order valence-electron chi connectivity index (χ1n) is 8.91. The van der Waals surface area contributed by atoms with Gasteiger partial charge in [0, 0.05) is 25.4 Å². The summed E-state index contributed by atoms with van der Waals surface area (Å²) in [6, 6.07) is 4.47. The van der Waals surface area contributed by atoms with Gasteiger partial charge in [-0.15, -0.1) is 0 Å². The van der Waals surface area contributed by atoms with Crippen LogP contribution < -0.4 is 14.8 Å². The molecule has 1 aliphatic rings. The highest BCUT2D eigenvalue weighted by Crippen LogP contribution is 2.28. The Bertz CT molecular complexity index is 1090. The van der Waals surface area contributed by atoms with Crippen molar-refractivity contribution in [1.82, 2.24) is 14.3 Å². The van der Waals surface area contributed by atoms with Crippen LogP contribution in [0, 0.1) is 6.92 Å². The highest BCUT2D eigenvalue weighted by Gasteiger charge is 2.20. The molecule has 0 saturated heterocycles. The van der Waals surface area contributed by atoms with Crippen molar-refractivity contribution in [2.45, 2.75) is 18.4 Å². The Morgan fingerprint density at radius 2 is 2.13 bits per heavy atom. The summed E-state index contributed by atoms with van der Waals surface area (Å²) < 4.78 is 38.2. The lowest BCUT2D eigenvalue weighted by Crippen LogP contribution is -2.27. The van der Waals surface area contributed by atoms with Gasteiger partial charge in [0.25, 0.3) is 15.9 Å². The summed E-state index contributed by atoms with van der Waals surface area (Å²) in [4.78, 5) is 39.3. The number of hydrogen-bond acceptors (Lipinski definition) is 8. The van der Waals surface area contributed by atoms with Crippen molar-refractivity contribution in [2.75, 3.05) is 25.1 Å². The molecule has 2 heterocycles. The van der Waals surface area contributed by atoms with E-state index in [2.05, 4.69) is 15.0 Å². The van der Waals surface area contributed by atoms with Gasteiger partial charge in [0.05, 0.1) is 12.1 Å². The van der Waals surface area contributed by atoms with Gasteiger partial charge < -0.3 is 19.4 Å². The van der Waals surface area contributed by atoms with E-state index in [-0.39, 0.29) is 36.1 Å². The molecule has 2 N–H and O–H groups in total. The quantitative estimate of drug-likeness (QED) is 0.439. The lowest BCUT2D eigenvalue weighted by molar-refractivity contribution is -0.142. The minimum absolute atomic E-state index is 0.0956. The minimum atomic E-state index is -3.85. The van der Waals surface area contributed by atoms with Crippen molar-refractivity contribution in [3.8, 4) is 5.75 Å². The molecular formula is C18H20N4O7S. The Morgan fingerprint density at radius 3 is 2.83 bits per heavy atom. The van der Waals surface area contributed by atoms with Crippen LogP contribution in [-0.2, 0) is 31.4 Å². The van der Waals surface area contributed by atoms with Crippen molar-refractivity contribution >= 4 is 33.4 Å². The molecule has 11 nitrogen and oxygen atoms in total. The number of aromatic nitrogens is 2. The molecule has 2 aromatic rings. The number of imidazole rings is 1. The topological polar surface area (TPSA) is 146 Å². The number of ketones is 1. The predicted octanol–water partition coefficient (Wildman–Crippen LogP) is 0.154. The normalized spacial score (nSPS) is 13.2. The third-order valence-electron chi connectivity index (χ3n) is 4.28. The van der Waals surface area contributed by atoms with Gasteiger partial charge in [0.1, 0.15) is 11.6 Å². The van der Waals surface area contributed by atoms with Gasteiger partial charge in [-0.2, -0.15) is 0 Å². The van der Waals surface area contributed by atoms with Crippen molar-refractivity contribution in [3.63, 3.8) is 0 Å². The van der Waals surface area contributed by atoms with E-state index in [1.807, 2.05) is 0 Å². The van der Waals surface area contributed by atoms with Crippen LogP contribution in [0.15, 0.2) is 29.4 Å². The number of esters is 1. The molecule has 0 aliphatic carbocycles. The lowest BCUT2D eigenvalue weighted by atomic mass is 10.1. The third-order valence-corrected chi connectivity index (χ3v) is 5.61. The van der Waals surface area contributed by atoms with Crippen LogP contribution in [0.3, 0.4) is 0 Å². The number of rotatable bonds is 8. The summed E-state index contributed by atoms with van der Waals surface area (Å²) in [5, 5.41) is 2.44. The predicted molar refractivity (Wildman–Crippen MR) is 104 cm³/mol. The standard InChI is InChI=1S/C18H20N4O7S/c1-11-20-17(8-22(11)2)30(26,27)19-6-5-18(25)29-9-14(23)12-3-4-15-13(7-12)21-16(24)10-28-15/h3-4,7-8,19H,5-6,9-10H2,1-2H3,(H,21,24). The molecule has 1 aliphatic heterocycles. The number of Topliss-reactive ketones (excluding diaryl/α,β-unsaturated/α-hetero) is 1. The zero-order chi connectivity index (χ0) is 21.9. The molecule has 3 rings (SSSR count). The first kappa shape index (κ1) is 21.5. The summed E-state index contributed by atoms with van der Waals surface area (Å²) in [7, 11) is -2.18. The molecule has 160 valence electrons. The summed E-state index contributed by atoms with van der Waals surface area (Å²) in [6.07, 6.45) is 1.10. The van der Waals surface area contributed by atoms with Crippen molar-refractivity contribution in [3.05, 3.63) is 35.8 Å². The molecule has 12 heteroatoms. The zero-order valence-electron chi connectivity index (χ0n) is 16.3. The fourth-order valence-corrected chi connectivity index (χ4v) is 3.64. The molecule has 1 aromatic heterocycles. The third kappa shape index (κ3) is 5.02. The number of carbonyl (C=O) groups is 3. The van der Waals surface area contributed by atoms with E-state index in [1.54, 1.807) is 18.5 Å². The van der Waals surface area contributed by atoms with Gasteiger partial charge in [-0.1, -0.05) is 0 Å². The first-order chi connectivity index (χ1) is 14.2. The lowest BCUT2D eigenvalue weighted by Gasteiger charge is -2.18.